The minimum absolute atomic E-state index is 0.0475. The third kappa shape index (κ3) is 6.17. The van der Waals surface area contributed by atoms with Crippen LogP contribution in [0.1, 0.15) is 57.1 Å². The molecular formula is C25H33N3O3. The van der Waals surface area contributed by atoms with Gasteiger partial charge in [-0.05, 0) is 36.5 Å². The number of aryl methyl sites for hydroxylation is 2. The first-order chi connectivity index (χ1) is 14.6. The molecule has 31 heavy (non-hydrogen) atoms. The quantitative estimate of drug-likeness (QED) is 0.193. The van der Waals surface area contributed by atoms with Gasteiger partial charge in [0.05, 0.1) is 5.69 Å². The highest BCUT2D eigenvalue weighted by Gasteiger charge is 2.21. The molecule has 1 aromatic carbocycles. The zero-order chi connectivity index (χ0) is 23.2. The number of carbonyl (C=O) groups is 1. The molecule has 1 heterocycles. The summed E-state index contributed by atoms with van der Waals surface area (Å²) in [6, 6.07) is 10.3. The van der Waals surface area contributed by atoms with E-state index in [1.54, 1.807) is 20.2 Å². The molecule has 0 saturated heterocycles. The lowest BCUT2D eigenvalue weighted by molar-refractivity contribution is -0.157. The topological polar surface area (TPSA) is 65.7 Å². The van der Waals surface area contributed by atoms with Crippen LogP contribution in [0.25, 0.3) is 11.3 Å². The average molecular weight is 424 g/mol. The summed E-state index contributed by atoms with van der Waals surface area (Å²) in [7, 11) is 1.71. The number of ether oxygens (including phenoxy) is 2. The van der Waals surface area contributed by atoms with Crippen LogP contribution in [-0.4, -0.2) is 35.3 Å². The Labute approximate surface area is 185 Å². The van der Waals surface area contributed by atoms with Crippen LogP contribution in [0.2, 0.25) is 0 Å². The van der Waals surface area contributed by atoms with Crippen molar-refractivity contribution >= 4 is 23.5 Å². The van der Waals surface area contributed by atoms with Gasteiger partial charge in [-0.2, -0.15) is 5.10 Å². The highest BCUT2D eigenvalue weighted by atomic mass is 16.7. The van der Waals surface area contributed by atoms with Crippen molar-refractivity contribution in [2.75, 3.05) is 7.05 Å². The van der Waals surface area contributed by atoms with Crippen molar-refractivity contribution < 1.29 is 14.3 Å². The summed E-state index contributed by atoms with van der Waals surface area (Å²) in [6.07, 6.45) is 2.05. The van der Waals surface area contributed by atoms with Gasteiger partial charge in [0.2, 0.25) is 6.29 Å². The fourth-order valence-corrected chi connectivity index (χ4v) is 3.18. The van der Waals surface area contributed by atoms with Gasteiger partial charge in [-0.1, -0.05) is 51.6 Å². The molecule has 0 aliphatic carbocycles. The van der Waals surface area contributed by atoms with Gasteiger partial charge in [-0.25, -0.2) is 4.79 Å². The Bertz CT molecular complexity index is 976. The number of hydrogen-bond acceptors (Lipinski definition) is 5. The van der Waals surface area contributed by atoms with E-state index in [2.05, 4.69) is 61.7 Å². The Kier molecular flexibility index (Phi) is 7.97. The normalized spacial score (nSPS) is 13.6. The van der Waals surface area contributed by atoms with Crippen molar-refractivity contribution in [1.29, 1.82) is 0 Å². The highest BCUT2D eigenvalue weighted by molar-refractivity contribution is 6.18. The number of aliphatic imine (C=N–C) groups is 1. The number of allylic oxidation sites excluding steroid dienone is 1. The smallest absolute Gasteiger partial charge is 0.333 e. The molecule has 6 heteroatoms. The lowest BCUT2D eigenvalue weighted by Crippen LogP contribution is -2.18. The maximum Gasteiger partial charge on any atom is 0.333 e. The Hall–Kier alpha value is -3.15. The first kappa shape index (κ1) is 24.1. The van der Waals surface area contributed by atoms with Gasteiger partial charge in [-0.15, -0.1) is 0 Å². The van der Waals surface area contributed by atoms with Crippen molar-refractivity contribution in [1.82, 2.24) is 9.78 Å². The van der Waals surface area contributed by atoms with Crippen LogP contribution in [0.15, 0.2) is 48.0 Å². The second-order valence-corrected chi connectivity index (χ2v) is 8.27. The monoisotopic (exact) mass is 423 g/mol. The molecule has 0 bridgehead atoms. The number of benzene rings is 1. The van der Waals surface area contributed by atoms with E-state index in [0.717, 1.165) is 28.6 Å². The van der Waals surface area contributed by atoms with Crippen LogP contribution >= 0.6 is 0 Å². The average Bonchev–Trinajstić information content (AvgIpc) is 3.10. The fourth-order valence-electron chi connectivity index (χ4n) is 3.18. The van der Waals surface area contributed by atoms with E-state index >= 15 is 0 Å². The van der Waals surface area contributed by atoms with Crippen LogP contribution in [0.5, 0.6) is 0 Å². The van der Waals surface area contributed by atoms with E-state index in [-0.39, 0.29) is 5.41 Å². The van der Waals surface area contributed by atoms with Crippen LogP contribution in [-0.2, 0) is 26.2 Å². The summed E-state index contributed by atoms with van der Waals surface area (Å²) in [4.78, 5) is 15.9. The third-order valence-corrected chi connectivity index (χ3v) is 4.73. The van der Waals surface area contributed by atoms with Gasteiger partial charge >= 0.3 is 5.97 Å². The summed E-state index contributed by atoms with van der Waals surface area (Å²) >= 11 is 0. The molecule has 0 saturated carbocycles. The molecule has 0 aliphatic rings. The number of esters is 1. The van der Waals surface area contributed by atoms with Crippen molar-refractivity contribution in [2.24, 2.45) is 4.99 Å². The van der Waals surface area contributed by atoms with Crippen molar-refractivity contribution in [2.45, 2.75) is 59.8 Å². The molecule has 1 aromatic heterocycles. The van der Waals surface area contributed by atoms with Gasteiger partial charge in [0.25, 0.3) is 0 Å². The molecule has 166 valence electrons. The predicted molar refractivity (Wildman–Crippen MR) is 126 cm³/mol. The zero-order valence-corrected chi connectivity index (χ0v) is 19.6. The third-order valence-electron chi connectivity index (χ3n) is 4.73. The van der Waals surface area contributed by atoms with E-state index in [4.69, 9.17) is 9.47 Å². The minimum atomic E-state index is -0.824. The van der Waals surface area contributed by atoms with Crippen molar-refractivity contribution in [3.63, 3.8) is 0 Å². The molecular weight excluding hydrogens is 390 g/mol. The maximum absolute atomic E-state index is 11.7. The molecule has 2 aromatic rings. The zero-order valence-electron chi connectivity index (χ0n) is 19.6. The van der Waals surface area contributed by atoms with Gasteiger partial charge in [-0.3, -0.25) is 9.67 Å². The largest absolute Gasteiger partial charge is 0.452 e. The highest BCUT2D eigenvalue weighted by Crippen LogP contribution is 2.30. The van der Waals surface area contributed by atoms with E-state index in [1.807, 2.05) is 24.6 Å². The molecule has 0 spiro atoms. The molecule has 6 nitrogen and oxygen atoms in total. The van der Waals surface area contributed by atoms with Gasteiger partial charge < -0.3 is 9.47 Å². The van der Waals surface area contributed by atoms with E-state index < -0.39 is 12.3 Å². The lowest BCUT2D eigenvalue weighted by Gasteiger charge is -2.21. The fraction of sp³-hybridized carbons (Fsp3) is 0.400. The van der Waals surface area contributed by atoms with E-state index in [9.17, 15) is 4.79 Å². The summed E-state index contributed by atoms with van der Waals surface area (Å²) in [6.45, 7) is 16.3. The van der Waals surface area contributed by atoms with Gasteiger partial charge in [0.1, 0.15) is 5.69 Å². The van der Waals surface area contributed by atoms with Gasteiger partial charge in [0.15, 0.2) is 5.76 Å². The number of carbonyl (C=O) groups excluding carboxylic acids is 1. The molecule has 0 amide bonds. The van der Waals surface area contributed by atoms with Crippen LogP contribution in [0.4, 0.5) is 0 Å². The molecule has 0 N–H and O–H groups in total. The second-order valence-electron chi connectivity index (χ2n) is 8.27. The molecule has 0 aliphatic heterocycles. The van der Waals surface area contributed by atoms with Crippen LogP contribution in [0, 0.1) is 6.92 Å². The molecule has 1 unspecified atom stereocenters. The molecule has 0 fully saturated rings. The number of rotatable bonds is 8. The van der Waals surface area contributed by atoms with Crippen molar-refractivity contribution in [3.05, 3.63) is 65.5 Å². The predicted octanol–water partition coefficient (Wildman–Crippen LogP) is 5.17. The lowest BCUT2D eigenvalue weighted by atomic mass is 9.86. The van der Waals surface area contributed by atoms with Gasteiger partial charge in [0, 0.05) is 38.4 Å². The number of aromatic nitrogens is 2. The Balaban J connectivity index is 2.67. The molecule has 1 atom stereocenters. The summed E-state index contributed by atoms with van der Waals surface area (Å²) in [5, 5.41) is 4.55. The van der Waals surface area contributed by atoms with E-state index in [1.165, 1.54) is 5.56 Å². The standard InChI is InChI=1S/C25H33N3O3/c1-9-23(29)30-18(4)31-24(22-15-17(3)27-28(22)10-2)21(16-26-8)19-11-13-20(14-12-19)25(5,6)7/h9,11-16,18H,1,10H2,2-8H3/b24-21-,26-16?. The first-order valence-corrected chi connectivity index (χ1v) is 10.4. The molecule has 2 rings (SSSR count). The van der Waals surface area contributed by atoms with Crippen LogP contribution < -0.4 is 0 Å². The number of nitrogens with zero attached hydrogens (tertiary/aromatic N) is 3. The second kappa shape index (κ2) is 10.2. The SMILES string of the molecule is C=CC(=O)OC(C)O/C(=C(/C=NC)c1ccc(C(C)(C)C)cc1)c1cc(C)nn1CC. The van der Waals surface area contributed by atoms with Crippen molar-refractivity contribution in [3.8, 4) is 0 Å². The molecule has 0 radical (unpaired) electrons. The number of hydrogen-bond donors (Lipinski definition) is 0. The Morgan fingerprint density at radius 2 is 1.90 bits per heavy atom. The first-order valence-electron chi connectivity index (χ1n) is 10.4. The minimum Gasteiger partial charge on any atom is -0.452 e. The summed E-state index contributed by atoms with van der Waals surface area (Å²) in [5.74, 6) is -0.00631. The van der Waals surface area contributed by atoms with Crippen LogP contribution in [0.3, 0.4) is 0 Å². The Morgan fingerprint density at radius 1 is 1.26 bits per heavy atom. The Morgan fingerprint density at radius 3 is 2.42 bits per heavy atom. The summed E-state index contributed by atoms with van der Waals surface area (Å²) < 4.78 is 13.3. The van der Waals surface area contributed by atoms with E-state index in [0.29, 0.717) is 12.3 Å². The maximum atomic E-state index is 11.7. The summed E-state index contributed by atoms with van der Waals surface area (Å²) in [5.41, 5.74) is 4.65.